The van der Waals surface area contributed by atoms with E-state index >= 15 is 0 Å². The highest BCUT2D eigenvalue weighted by atomic mass is 19.2. The average molecular weight is 340 g/mol. The van der Waals surface area contributed by atoms with E-state index in [0.29, 0.717) is 28.6 Å². The third kappa shape index (κ3) is 2.36. The Morgan fingerprint density at radius 1 is 1.12 bits per heavy atom. The molecule has 7 nitrogen and oxygen atoms in total. The zero-order chi connectivity index (χ0) is 17.0. The van der Waals surface area contributed by atoms with Gasteiger partial charge < -0.3 is 10.1 Å². The van der Waals surface area contributed by atoms with Crippen LogP contribution in [0, 0.1) is 11.6 Å². The van der Waals surface area contributed by atoms with Crippen molar-refractivity contribution in [2.24, 2.45) is 4.99 Å². The van der Waals surface area contributed by atoms with Gasteiger partial charge in [0.25, 0.3) is 0 Å². The van der Waals surface area contributed by atoms with Crippen LogP contribution < -0.4 is 5.32 Å². The monoisotopic (exact) mass is 340 g/mol. The van der Waals surface area contributed by atoms with Crippen molar-refractivity contribution < 1.29 is 13.5 Å². The number of hydrogen-bond donors (Lipinski definition) is 1. The Morgan fingerprint density at radius 3 is 2.76 bits per heavy atom. The highest BCUT2D eigenvalue weighted by molar-refractivity contribution is 5.99. The van der Waals surface area contributed by atoms with E-state index in [2.05, 4.69) is 25.5 Å². The predicted octanol–water partition coefficient (Wildman–Crippen LogP) is 2.02. The summed E-state index contributed by atoms with van der Waals surface area (Å²) < 4.78 is 34.3. The summed E-state index contributed by atoms with van der Waals surface area (Å²) in [5.74, 6) is -0.884. The molecule has 9 heteroatoms. The van der Waals surface area contributed by atoms with Crippen molar-refractivity contribution in [3.8, 4) is 5.82 Å². The van der Waals surface area contributed by atoms with Crippen LogP contribution in [0.1, 0.15) is 17.4 Å². The fraction of sp³-hybridized carbons (Fsp3) is 0.125. The van der Waals surface area contributed by atoms with Gasteiger partial charge in [-0.15, -0.1) is 10.2 Å². The molecule has 1 fully saturated rings. The lowest BCUT2D eigenvalue weighted by Gasteiger charge is -2.07. The van der Waals surface area contributed by atoms with Crippen LogP contribution >= 0.6 is 0 Å². The number of aliphatic imine (C=N–C) groups is 1. The molecule has 0 bridgehead atoms. The summed E-state index contributed by atoms with van der Waals surface area (Å²) >= 11 is 0. The van der Waals surface area contributed by atoms with E-state index in [1.807, 2.05) is 0 Å². The summed E-state index contributed by atoms with van der Waals surface area (Å²) in [6.45, 7) is 0. The summed E-state index contributed by atoms with van der Waals surface area (Å²) in [7, 11) is 0. The Morgan fingerprint density at radius 2 is 2.00 bits per heavy atom. The molecule has 1 saturated heterocycles. The Bertz CT molecular complexity index is 987. The highest BCUT2D eigenvalue weighted by Gasteiger charge is 2.45. The van der Waals surface area contributed by atoms with E-state index in [9.17, 15) is 8.78 Å². The molecule has 2 unspecified atom stereocenters. The van der Waals surface area contributed by atoms with Gasteiger partial charge in [0.2, 0.25) is 0 Å². The number of nitrogens with one attached hydrogen (secondary N) is 1. The van der Waals surface area contributed by atoms with Gasteiger partial charge in [-0.05, 0) is 18.2 Å². The number of nitrogens with zero attached hydrogens (tertiary/aromatic N) is 5. The number of epoxide rings is 1. The first-order valence-electron chi connectivity index (χ1n) is 7.51. The molecule has 3 aromatic rings. The second kappa shape index (κ2) is 5.15. The van der Waals surface area contributed by atoms with Crippen LogP contribution in [0.25, 0.3) is 5.82 Å². The maximum atomic E-state index is 13.6. The molecule has 0 radical (unpaired) electrons. The summed E-state index contributed by atoms with van der Waals surface area (Å²) in [5.41, 5.74) is 1.29. The van der Waals surface area contributed by atoms with Crippen LogP contribution in [-0.2, 0) is 4.74 Å². The van der Waals surface area contributed by atoms with E-state index in [1.54, 1.807) is 35.4 Å². The molecule has 2 atom stereocenters. The molecule has 4 heterocycles. The zero-order valence-electron chi connectivity index (χ0n) is 12.6. The molecule has 1 aromatic carbocycles. The molecule has 5 rings (SSSR count). The first-order valence-corrected chi connectivity index (χ1v) is 7.51. The van der Waals surface area contributed by atoms with E-state index in [4.69, 9.17) is 4.74 Å². The first-order chi connectivity index (χ1) is 12.2. The van der Waals surface area contributed by atoms with Crippen LogP contribution in [0.5, 0.6) is 0 Å². The quantitative estimate of drug-likeness (QED) is 0.722. The van der Waals surface area contributed by atoms with Crippen molar-refractivity contribution in [2.75, 3.05) is 0 Å². The predicted molar refractivity (Wildman–Crippen MR) is 82.5 cm³/mol. The van der Waals surface area contributed by atoms with Gasteiger partial charge in [-0.2, -0.15) is 0 Å². The van der Waals surface area contributed by atoms with Crippen LogP contribution in [0.4, 0.5) is 14.5 Å². The van der Waals surface area contributed by atoms with Crippen LogP contribution in [0.15, 0.2) is 48.0 Å². The number of halogens is 2. The fourth-order valence-corrected chi connectivity index (χ4v) is 2.74. The van der Waals surface area contributed by atoms with Gasteiger partial charge in [-0.25, -0.2) is 18.8 Å². The molecule has 0 spiro atoms. The van der Waals surface area contributed by atoms with Crippen molar-refractivity contribution in [3.63, 3.8) is 0 Å². The van der Waals surface area contributed by atoms with Crippen LogP contribution in [0.2, 0.25) is 0 Å². The standard InChI is InChI=1S/C16H10F2N6O/c17-9-5-8-12(6-10(9)18)20-15(21-16-14(8)25-16)11-1-2-13(23-22-11)24-4-3-19-7-24/h1-7,14,16H,(H,20,21). The lowest BCUT2D eigenvalue weighted by Crippen LogP contribution is -2.28. The molecule has 0 amide bonds. The highest BCUT2D eigenvalue weighted by Crippen LogP contribution is 2.44. The minimum atomic E-state index is -0.956. The molecular formula is C16H10F2N6O. The molecule has 0 aliphatic carbocycles. The maximum Gasteiger partial charge on any atom is 0.160 e. The zero-order valence-corrected chi connectivity index (χ0v) is 12.6. The van der Waals surface area contributed by atoms with Gasteiger partial charge in [0.1, 0.15) is 18.1 Å². The number of fused-ring (bicyclic) bond motifs is 3. The molecule has 124 valence electrons. The van der Waals surface area contributed by atoms with E-state index in [-0.39, 0.29) is 12.3 Å². The second-order valence-electron chi connectivity index (χ2n) is 5.65. The topological polar surface area (TPSA) is 80.5 Å². The smallest absolute Gasteiger partial charge is 0.160 e. The lowest BCUT2D eigenvalue weighted by molar-refractivity contribution is 0.364. The van der Waals surface area contributed by atoms with Crippen molar-refractivity contribution in [1.82, 2.24) is 25.1 Å². The van der Waals surface area contributed by atoms with E-state index in [0.717, 1.165) is 12.1 Å². The minimum absolute atomic E-state index is 0.312. The molecule has 2 aromatic heterocycles. The molecule has 1 N–H and O–H groups in total. The largest absolute Gasteiger partial charge is 0.343 e. The second-order valence-corrected chi connectivity index (χ2v) is 5.65. The van der Waals surface area contributed by atoms with E-state index in [1.165, 1.54) is 0 Å². The molecule has 2 aliphatic rings. The number of amidine groups is 1. The first kappa shape index (κ1) is 14.2. The molecule has 0 saturated carbocycles. The van der Waals surface area contributed by atoms with Gasteiger partial charge in [0.15, 0.2) is 29.5 Å². The lowest BCUT2D eigenvalue weighted by atomic mass is 10.1. The Labute approximate surface area is 140 Å². The third-order valence-corrected chi connectivity index (χ3v) is 4.04. The number of rotatable bonds is 2. The number of benzene rings is 1. The van der Waals surface area contributed by atoms with Crippen LogP contribution in [0.3, 0.4) is 0 Å². The third-order valence-electron chi connectivity index (χ3n) is 4.04. The van der Waals surface area contributed by atoms with E-state index < -0.39 is 11.6 Å². The summed E-state index contributed by atoms with van der Waals surface area (Å²) in [6.07, 6.45) is 4.30. The number of ether oxygens (including phenoxy) is 1. The van der Waals surface area contributed by atoms with Crippen molar-refractivity contribution in [3.05, 3.63) is 65.9 Å². The SMILES string of the molecule is Fc1cc2c(cc1F)C1OC1NC(c1ccc(-n3ccnc3)nn1)=N2. The van der Waals surface area contributed by atoms with Gasteiger partial charge in [-0.3, -0.25) is 4.57 Å². The van der Waals surface area contributed by atoms with Crippen LogP contribution in [-0.4, -0.2) is 31.8 Å². The van der Waals surface area contributed by atoms with Gasteiger partial charge >= 0.3 is 0 Å². The summed E-state index contributed by atoms with van der Waals surface area (Å²) in [5, 5.41) is 11.4. The number of imidazole rings is 1. The molecule has 25 heavy (non-hydrogen) atoms. The fourth-order valence-electron chi connectivity index (χ4n) is 2.74. The van der Waals surface area contributed by atoms with Crippen molar-refractivity contribution in [1.29, 1.82) is 0 Å². The Balaban J connectivity index is 1.55. The average Bonchev–Trinajstić information content (AvgIpc) is 3.18. The maximum absolute atomic E-state index is 13.6. The number of hydrogen-bond acceptors (Lipinski definition) is 6. The summed E-state index contributed by atoms with van der Waals surface area (Å²) in [6, 6.07) is 5.67. The van der Waals surface area contributed by atoms with Gasteiger partial charge in [0, 0.05) is 24.0 Å². The van der Waals surface area contributed by atoms with Crippen molar-refractivity contribution >= 4 is 11.5 Å². The Kier molecular flexibility index (Phi) is 2.92. The van der Waals surface area contributed by atoms with Crippen molar-refractivity contribution in [2.45, 2.75) is 12.3 Å². The van der Waals surface area contributed by atoms with Gasteiger partial charge in [-0.1, -0.05) is 0 Å². The van der Waals surface area contributed by atoms with Gasteiger partial charge in [0.05, 0.1) is 5.69 Å². The normalized spacial score (nSPS) is 20.8. The molecular weight excluding hydrogens is 330 g/mol. The number of aromatic nitrogens is 4. The molecule has 2 aliphatic heterocycles. The summed E-state index contributed by atoms with van der Waals surface area (Å²) in [4.78, 5) is 8.34. The minimum Gasteiger partial charge on any atom is -0.343 e. The Hall–Kier alpha value is -3.20.